The number of hydrogen-bond acceptors (Lipinski definition) is 4. The van der Waals surface area contributed by atoms with E-state index in [0.717, 1.165) is 0 Å². The molecule has 15 heavy (non-hydrogen) atoms. The van der Waals surface area contributed by atoms with Crippen LogP contribution in [0.25, 0.3) is 0 Å². The maximum Gasteiger partial charge on any atom is 0.305 e. The zero-order chi connectivity index (χ0) is 12.0. The first-order valence-corrected chi connectivity index (χ1v) is 4.37. The van der Waals surface area contributed by atoms with Crippen LogP contribution in [-0.4, -0.2) is 42.0 Å². The molecule has 0 unspecified atom stereocenters. The summed E-state index contributed by atoms with van der Waals surface area (Å²) in [6.07, 6.45) is -0.474. The van der Waals surface area contributed by atoms with Gasteiger partial charge in [-0.15, -0.1) is 0 Å². The van der Waals surface area contributed by atoms with Crippen molar-refractivity contribution in [3.05, 3.63) is 0 Å². The molecule has 0 aliphatic rings. The molecule has 0 bridgehead atoms. The minimum Gasteiger partial charge on any atom is -0.481 e. The molecule has 0 heterocycles. The number of carbonyl (C=O) groups is 3. The van der Waals surface area contributed by atoms with Gasteiger partial charge in [-0.2, -0.15) is 0 Å². The van der Waals surface area contributed by atoms with E-state index in [9.17, 15) is 14.4 Å². The van der Waals surface area contributed by atoms with Gasteiger partial charge in [-0.25, -0.2) is 0 Å². The van der Waals surface area contributed by atoms with Crippen LogP contribution in [-0.2, 0) is 14.4 Å². The molecule has 0 radical (unpaired) electrons. The molecule has 7 nitrogen and oxygen atoms in total. The summed E-state index contributed by atoms with van der Waals surface area (Å²) in [5.74, 6) is -2.30. The molecular formula is C8H15N3O4. The average Bonchev–Trinajstić information content (AvgIpc) is 2.14. The summed E-state index contributed by atoms with van der Waals surface area (Å²) >= 11 is 0. The standard InChI is InChI=1S/C8H15N3O4/c1-4(9)7(14)11-5(3-6(12)13)8(15)10-2/h4-5H,3,9H2,1-2H3,(H,10,15)(H,11,14)(H,12,13)/t4-,5-/m1/s1. The Morgan fingerprint density at radius 1 is 1.33 bits per heavy atom. The van der Waals surface area contributed by atoms with Crippen LogP contribution in [0.3, 0.4) is 0 Å². The van der Waals surface area contributed by atoms with Gasteiger partial charge in [0.1, 0.15) is 6.04 Å². The summed E-state index contributed by atoms with van der Waals surface area (Å²) in [5.41, 5.74) is 5.27. The molecule has 0 rings (SSSR count). The van der Waals surface area contributed by atoms with E-state index in [4.69, 9.17) is 10.8 Å². The van der Waals surface area contributed by atoms with Crippen molar-refractivity contribution >= 4 is 17.8 Å². The molecule has 0 spiro atoms. The van der Waals surface area contributed by atoms with E-state index >= 15 is 0 Å². The van der Waals surface area contributed by atoms with Gasteiger partial charge >= 0.3 is 5.97 Å². The average molecular weight is 217 g/mol. The number of carboxylic acids is 1. The first kappa shape index (κ1) is 13.4. The van der Waals surface area contributed by atoms with Crippen LogP contribution in [0.5, 0.6) is 0 Å². The second-order valence-electron chi connectivity index (χ2n) is 3.06. The van der Waals surface area contributed by atoms with Gasteiger partial charge in [-0.3, -0.25) is 14.4 Å². The minimum absolute atomic E-state index is 0.474. The van der Waals surface area contributed by atoms with Crippen LogP contribution in [0.15, 0.2) is 0 Å². The number of rotatable bonds is 5. The number of aliphatic carboxylic acids is 1. The third kappa shape index (κ3) is 4.96. The molecule has 0 aromatic heterocycles. The molecule has 2 amide bonds. The van der Waals surface area contributed by atoms with E-state index in [1.165, 1.54) is 14.0 Å². The van der Waals surface area contributed by atoms with Crippen LogP contribution in [0, 0.1) is 0 Å². The summed E-state index contributed by atoms with van der Waals surface area (Å²) < 4.78 is 0. The third-order valence-corrected chi connectivity index (χ3v) is 1.67. The number of amides is 2. The van der Waals surface area contributed by atoms with Crippen LogP contribution in [0.1, 0.15) is 13.3 Å². The molecule has 86 valence electrons. The summed E-state index contributed by atoms with van der Waals surface area (Å²) in [6, 6.07) is -1.88. The number of nitrogens with two attached hydrogens (primary N) is 1. The fourth-order valence-corrected chi connectivity index (χ4v) is 0.861. The molecule has 0 aliphatic carbocycles. The van der Waals surface area contributed by atoms with Crippen LogP contribution >= 0.6 is 0 Å². The topological polar surface area (TPSA) is 122 Å². The predicted octanol–water partition coefficient (Wildman–Crippen LogP) is -1.96. The second kappa shape index (κ2) is 5.97. The van der Waals surface area contributed by atoms with Crippen molar-refractivity contribution in [2.45, 2.75) is 25.4 Å². The fourth-order valence-electron chi connectivity index (χ4n) is 0.861. The van der Waals surface area contributed by atoms with Crippen LogP contribution in [0.2, 0.25) is 0 Å². The van der Waals surface area contributed by atoms with Gasteiger partial charge in [0.05, 0.1) is 12.5 Å². The summed E-state index contributed by atoms with van der Waals surface area (Å²) in [7, 11) is 1.36. The van der Waals surface area contributed by atoms with Crippen LogP contribution < -0.4 is 16.4 Å². The van der Waals surface area contributed by atoms with Gasteiger partial charge in [-0.1, -0.05) is 0 Å². The number of hydrogen-bond donors (Lipinski definition) is 4. The molecule has 7 heteroatoms. The van der Waals surface area contributed by atoms with E-state index in [1.54, 1.807) is 0 Å². The lowest BCUT2D eigenvalue weighted by molar-refractivity contribution is -0.140. The van der Waals surface area contributed by atoms with E-state index in [-0.39, 0.29) is 0 Å². The zero-order valence-electron chi connectivity index (χ0n) is 8.61. The van der Waals surface area contributed by atoms with Gasteiger partial charge in [0.15, 0.2) is 0 Å². The van der Waals surface area contributed by atoms with E-state index in [1.807, 2.05) is 0 Å². The van der Waals surface area contributed by atoms with Gasteiger partial charge < -0.3 is 21.5 Å². The highest BCUT2D eigenvalue weighted by atomic mass is 16.4. The Balaban J connectivity index is 4.44. The first-order chi connectivity index (χ1) is 6.88. The van der Waals surface area contributed by atoms with Gasteiger partial charge in [0.2, 0.25) is 11.8 Å². The Hall–Kier alpha value is -1.63. The molecule has 0 aromatic rings. The quantitative estimate of drug-likeness (QED) is 0.426. The number of nitrogens with one attached hydrogen (secondary N) is 2. The van der Waals surface area contributed by atoms with Crippen molar-refractivity contribution in [1.29, 1.82) is 0 Å². The monoisotopic (exact) mass is 217 g/mol. The SMILES string of the molecule is CNC(=O)[C@@H](CC(=O)O)NC(=O)[C@@H](C)N. The summed E-state index contributed by atoms with van der Waals surface area (Å²) in [6.45, 7) is 1.44. The Morgan fingerprint density at radius 2 is 1.87 bits per heavy atom. The van der Waals surface area contributed by atoms with Crippen molar-refractivity contribution in [1.82, 2.24) is 10.6 Å². The Morgan fingerprint density at radius 3 is 2.20 bits per heavy atom. The lowest BCUT2D eigenvalue weighted by Crippen LogP contribution is -2.51. The van der Waals surface area contributed by atoms with Crippen molar-refractivity contribution in [2.75, 3.05) is 7.05 Å². The number of carbonyl (C=O) groups excluding carboxylic acids is 2. The first-order valence-electron chi connectivity index (χ1n) is 4.37. The Bertz CT molecular complexity index is 265. The second-order valence-corrected chi connectivity index (χ2v) is 3.06. The highest BCUT2D eigenvalue weighted by Gasteiger charge is 2.23. The number of likely N-dealkylation sites (N-methyl/N-ethyl adjacent to an activating group) is 1. The molecule has 0 saturated heterocycles. The summed E-state index contributed by atoms with van der Waals surface area (Å²) in [4.78, 5) is 32.7. The fraction of sp³-hybridized carbons (Fsp3) is 0.625. The zero-order valence-corrected chi connectivity index (χ0v) is 8.61. The lowest BCUT2D eigenvalue weighted by atomic mass is 10.2. The molecular weight excluding hydrogens is 202 g/mol. The van der Waals surface area contributed by atoms with E-state index in [0.29, 0.717) is 0 Å². The molecule has 0 aromatic carbocycles. The predicted molar refractivity (Wildman–Crippen MR) is 51.9 cm³/mol. The largest absolute Gasteiger partial charge is 0.481 e. The maximum atomic E-state index is 11.2. The van der Waals surface area contributed by atoms with Gasteiger partial charge in [0.25, 0.3) is 0 Å². The molecule has 2 atom stereocenters. The van der Waals surface area contributed by atoms with E-state index < -0.39 is 36.3 Å². The summed E-state index contributed by atoms with van der Waals surface area (Å²) in [5, 5.41) is 13.0. The number of carboxylic acid groups (broad SMARTS) is 1. The van der Waals surface area contributed by atoms with E-state index in [2.05, 4.69) is 10.6 Å². The highest BCUT2D eigenvalue weighted by Crippen LogP contribution is 1.93. The highest BCUT2D eigenvalue weighted by molar-refractivity contribution is 5.91. The molecule has 0 saturated carbocycles. The van der Waals surface area contributed by atoms with Crippen molar-refractivity contribution < 1.29 is 19.5 Å². The molecule has 0 aliphatic heterocycles. The Kier molecular flexibility index (Phi) is 5.32. The third-order valence-electron chi connectivity index (χ3n) is 1.67. The maximum absolute atomic E-state index is 11.2. The molecule has 5 N–H and O–H groups in total. The lowest BCUT2D eigenvalue weighted by Gasteiger charge is -2.16. The molecule has 0 fully saturated rings. The van der Waals surface area contributed by atoms with Crippen molar-refractivity contribution in [3.8, 4) is 0 Å². The normalized spacial score (nSPS) is 13.8. The minimum atomic E-state index is -1.17. The van der Waals surface area contributed by atoms with Crippen molar-refractivity contribution in [2.24, 2.45) is 5.73 Å². The van der Waals surface area contributed by atoms with Gasteiger partial charge in [0, 0.05) is 7.05 Å². The Labute approximate surface area is 87.0 Å². The van der Waals surface area contributed by atoms with Crippen molar-refractivity contribution in [3.63, 3.8) is 0 Å². The van der Waals surface area contributed by atoms with Gasteiger partial charge in [-0.05, 0) is 6.92 Å². The smallest absolute Gasteiger partial charge is 0.305 e. The van der Waals surface area contributed by atoms with Crippen LogP contribution in [0.4, 0.5) is 0 Å².